The Morgan fingerprint density at radius 2 is 2.20 bits per heavy atom. The number of likely N-dealkylation sites (N-methyl/N-ethyl adjacent to an activating group) is 1. The van der Waals surface area contributed by atoms with Crippen LogP contribution in [0.4, 0.5) is 0 Å². The Morgan fingerprint density at radius 3 is 2.84 bits per heavy atom. The topological polar surface area (TPSA) is 93.1 Å². The maximum absolute atomic E-state index is 11.0. The van der Waals surface area contributed by atoms with Gasteiger partial charge >= 0.3 is 0 Å². The van der Waals surface area contributed by atoms with E-state index in [1.54, 1.807) is 31.3 Å². The summed E-state index contributed by atoms with van der Waals surface area (Å²) in [4.78, 5) is 17.2. The molecular weight excluding hydrogens is 344 g/mol. The molecule has 0 unspecified atom stereocenters. The third-order valence-electron chi connectivity index (χ3n) is 3.39. The summed E-state index contributed by atoms with van der Waals surface area (Å²) in [6.07, 6.45) is 0. The number of halogens is 1. The monoisotopic (exact) mass is 364 g/mol. The Kier molecular flexibility index (Phi) is 6.71. The predicted octanol–water partition coefficient (Wildman–Crippen LogP) is 2.12. The number of aliphatic imine (C=N–C) groups is 1. The van der Waals surface area contributed by atoms with Crippen molar-refractivity contribution >= 4 is 23.5 Å². The second kappa shape index (κ2) is 8.98. The highest BCUT2D eigenvalue weighted by Crippen LogP contribution is 2.16. The number of ether oxygens (including phenoxy) is 1. The van der Waals surface area contributed by atoms with Crippen molar-refractivity contribution in [3.8, 4) is 5.75 Å². The molecule has 0 aliphatic heterocycles. The Morgan fingerprint density at radius 1 is 1.40 bits per heavy atom. The van der Waals surface area contributed by atoms with Crippen LogP contribution in [0.15, 0.2) is 45.8 Å². The van der Waals surface area contributed by atoms with Crippen molar-refractivity contribution < 1.29 is 13.9 Å². The molecule has 3 N–H and O–H groups in total. The Balaban J connectivity index is 1.79. The van der Waals surface area contributed by atoms with Gasteiger partial charge in [0, 0.05) is 19.1 Å². The van der Waals surface area contributed by atoms with Crippen LogP contribution in [0.1, 0.15) is 16.3 Å². The molecule has 0 fully saturated rings. The first-order valence-electron chi connectivity index (χ1n) is 7.68. The first-order valence-corrected chi connectivity index (χ1v) is 8.06. The van der Waals surface area contributed by atoms with Crippen LogP contribution in [0.3, 0.4) is 0 Å². The van der Waals surface area contributed by atoms with Crippen LogP contribution >= 0.6 is 11.6 Å². The number of guanidine groups is 1. The van der Waals surface area contributed by atoms with E-state index in [0.717, 1.165) is 5.75 Å². The molecule has 0 aliphatic carbocycles. The van der Waals surface area contributed by atoms with Crippen molar-refractivity contribution in [3.05, 3.63) is 52.9 Å². The van der Waals surface area contributed by atoms with Crippen molar-refractivity contribution in [2.45, 2.75) is 6.54 Å². The van der Waals surface area contributed by atoms with Gasteiger partial charge in [0.1, 0.15) is 18.1 Å². The molecule has 0 bridgehead atoms. The number of nitrogens with one attached hydrogen (secondary N) is 1. The Hall–Kier alpha value is -2.67. The molecule has 1 heterocycles. The predicted molar refractivity (Wildman–Crippen MR) is 97.0 cm³/mol. The van der Waals surface area contributed by atoms with Crippen LogP contribution in [0.5, 0.6) is 5.75 Å². The van der Waals surface area contributed by atoms with E-state index < -0.39 is 5.91 Å². The average Bonchev–Trinajstić information content (AvgIpc) is 3.05. The van der Waals surface area contributed by atoms with Crippen LogP contribution < -0.4 is 15.8 Å². The van der Waals surface area contributed by atoms with Gasteiger partial charge < -0.3 is 25.1 Å². The molecule has 0 aliphatic rings. The van der Waals surface area contributed by atoms with Crippen molar-refractivity contribution in [1.29, 1.82) is 0 Å². The lowest BCUT2D eigenvalue weighted by Crippen LogP contribution is -2.40. The van der Waals surface area contributed by atoms with E-state index in [1.807, 2.05) is 24.1 Å². The lowest BCUT2D eigenvalue weighted by atomic mass is 10.3. The molecule has 1 amide bonds. The Bertz CT molecular complexity index is 745. The van der Waals surface area contributed by atoms with Gasteiger partial charge in [0.15, 0.2) is 11.7 Å². The van der Waals surface area contributed by atoms with Crippen molar-refractivity contribution in [1.82, 2.24) is 10.2 Å². The van der Waals surface area contributed by atoms with Gasteiger partial charge in [-0.25, -0.2) is 0 Å². The molecule has 134 valence electrons. The largest absolute Gasteiger partial charge is 0.492 e. The maximum Gasteiger partial charge on any atom is 0.284 e. The van der Waals surface area contributed by atoms with E-state index in [2.05, 4.69) is 10.3 Å². The van der Waals surface area contributed by atoms with Crippen molar-refractivity contribution in [3.63, 3.8) is 0 Å². The van der Waals surface area contributed by atoms with Crippen LogP contribution in [-0.2, 0) is 6.54 Å². The number of carbonyl (C=O) groups is 1. The summed E-state index contributed by atoms with van der Waals surface area (Å²) in [6, 6.07) is 10.5. The number of benzene rings is 1. The van der Waals surface area contributed by atoms with Crippen LogP contribution in [-0.4, -0.2) is 44.0 Å². The van der Waals surface area contributed by atoms with E-state index in [-0.39, 0.29) is 5.76 Å². The number of nitrogens with two attached hydrogens (primary N) is 1. The number of rotatable bonds is 7. The van der Waals surface area contributed by atoms with Crippen LogP contribution in [0, 0.1) is 0 Å². The van der Waals surface area contributed by atoms with Gasteiger partial charge in [0.05, 0.1) is 13.1 Å². The summed E-state index contributed by atoms with van der Waals surface area (Å²) in [6.45, 7) is 1.49. The van der Waals surface area contributed by atoms with E-state index >= 15 is 0 Å². The third-order valence-corrected chi connectivity index (χ3v) is 3.63. The zero-order valence-electron chi connectivity index (χ0n) is 14.2. The number of furan rings is 1. The molecule has 2 rings (SSSR count). The van der Waals surface area contributed by atoms with Crippen LogP contribution in [0.2, 0.25) is 5.02 Å². The van der Waals surface area contributed by atoms with Gasteiger partial charge in [-0.1, -0.05) is 17.7 Å². The standard InChI is InChI=1S/C17H21ClN4O3/c1-20-17(21-11-14-6-7-15(25-14)16(19)23)22(2)8-9-24-13-5-3-4-12(18)10-13/h3-7,10H,8-9,11H2,1-2H3,(H2,19,23)(H,20,21). The number of nitrogens with zero attached hydrogens (tertiary/aromatic N) is 2. The second-order valence-corrected chi connectivity index (χ2v) is 5.69. The summed E-state index contributed by atoms with van der Waals surface area (Å²) in [7, 11) is 3.58. The number of hydrogen-bond acceptors (Lipinski definition) is 4. The number of hydrogen-bond donors (Lipinski definition) is 2. The van der Waals surface area contributed by atoms with E-state index in [0.29, 0.717) is 36.4 Å². The quantitative estimate of drug-likeness (QED) is 0.579. The molecule has 8 heteroatoms. The molecule has 1 aromatic carbocycles. The van der Waals surface area contributed by atoms with Gasteiger partial charge in [0.2, 0.25) is 0 Å². The minimum absolute atomic E-state index is 0.134. The fraction of sp³-hybridized carbons (Fsp3) is 0.294. The van der Waals surface area contributed by atoms with Crippen LogP contribution in [0.25, 0.3) is 0 Å². The summed E-state index contributed by atoms with van der Waals surface area (Å²) in [5, 5.41) is 3.79. The highest BCUT2D eigenvalue weighted by atomic mass is 35.5. The summed E-state index contributed by atoms with van der Waals surface area (Å²) in [5.41, 5.74) is 5.16. The summed E-state index contributed by atoms with van der Waals surface area (Å²) >= 11 is 5.92. The first-order chi connectivity index (χ1) is 12.0. The number of carbonyl (C=O) groups excluding carboxylic acids is 1. The molecule has 0 spiro atoms. The van der Waals surface area contributed by atoms with Gasteiger partial charge in [-0.3, -0.25) is 9.79 Å². The van der Waals surface area contributed by atoms with Gasteiger partial charge in [-0.2, -0.15) is 0 Å². The molecule has 0 atom stereocenters. The van der Waals surface area contributed by atoms with Gasteiger partial charge in [-0.15, -0.1) is 0 Å². The Labute approximate surface area is 151 Å². The average molecular weight is 365 g/mol. The minimum Gasteiger partial charge on any atom is -0.492 e. The molecule has 0 radical (unpaired) electrons. The van der Waals surface area contributed by atoms with E-state index in [4.69, 9.17) is 26.5 Å². The molecule has 0 saturated carbocycles. The normalized spacial score (nSPS) is 11.2. The minimum atomic E-state index is -0.592. The fourth-order valence-corrected chi connectivity index (χ4v) is 2.30. The zero-order valence-corrected chi connectivity index (χ0v) is 14.9. The number of primary amides is 1. The first kappa shape index (κ1) is 18.7. The smallest absolute Gasteiger partial charge is 0.284 e. The molecule has 7 nitrogen and oxygen atoms in total. The second-order valence-electron chi connectivity index (χ2n) is 5.26. The molecular formula is C17H21ClN4O3. The third kappa shape index (κ3) is 5.72. The molecule has 1 aromatic heterocycles. The van der Waals surface area contributed by atoms with E-state index in [1.165, 1.54) is 0 Å². The maximum atomic E-state index is 11.0. The fourth-order valence-electron chi connectivity index (χ4n) is 2.12. The SMILES string of the molecule is CN=C(NCc1ccc(C(N)=O)o1)N(C)CCOc1cccc(Cl)c1. The zero-order chi connectivity index (χ0) is 18.2. The van der Waals surface area contributed by atoms with Crippen molar-refractivity contribution in [2.75, 3.05) is 27.2 Å². The number of amides is 1. The lowest BCUT2D eigenvalue weighted by molar-refractivity contribution is 0.0972. The van der Waals surface area contributed by atoms with Gasteiger partial charge in [0.25, 0.3) is 5.91 Å². The molecule has 2 aromatic rings. The highest BCUT2D eigenvalue weighted by molar-refractivity contribution is 6.30. The van der Waals surface area contributed by atoms with Crippen molar-refractivity contribution in [2.24, 2.45) is 10.7 Å². The highest BCUT2D eigenvalue weighted by Gasteiger charge is 2.10. The lowest BCUT2D eigenvalue weighted by Gasteiger charge is -2.21. The van der Waals surface area contributed by atoms with Gasteiger partial charge in [-0.05, 0) is 30.3 Å². The summed E-state index contributed by atoms with van der Waals surface area (Å²) < 4.78 is 11.0. The van der Waals surface area contributed by atoms with E-state index in [9.17, 15) is 4.79 Å². The molecule has 25 heavy (non-hydrogen) atoms. The summed E-state index contributed by atoms with van der Waals surface area (Å²) in [5.74, 6) is 1.53. The molecule has 0 saturated heterocycles.